The van der Waals surface area contributed by atoms with Gasteiger partial charge in [-0.1, -0.05) is 0 Å². The first-order valence-corrected chi connectivity index (χ1v) is 6.98. The fourth-order valence-electron chi connectivity index (χ4n) is 2.87. The van der Waals surface area contributed by atoms with Crippen LogP contribution in [-0.4, -0.2) is 36.8 Å². The Labute approximate surface area is 115 Å². The van der Waals surface area contributed by atoms with Gasteiger partial charge in [0.25, 0.3) is 0 Å². The summed E-state index contributed by atoms with van der Waals surface area (Å²) in [6.07, 6.45) is 3.36. The molecule has 2 rings (SSSR count). The van der Waals surface area contributed by atoms with Gasteiger partial charge in [-0.3, -0.25) is 4.90 Å². The topological polar surface area (TPSA) is 58.7 Å². The van der Waals surface area contributed by atoms with Crippen molar-refractivity contribution in [3.8, 4) is 5.75 Å². The number of ether oxygens (including phenoxy) is 1. The van der Waals surface area contributed by atoms with E-state index in [2.05, 4.69) is 4.90 Å². The van der Waals surface area contributed by atoms with Crippen LogP contribution >= 0.6 is 0 Å². The summed E-state index contributed by atoms with van der Waals surface area (Å²) < 4.78 is 5.25. The maximum atomic E-state index is 9.05. The zero-order valence-electron chi connectivity index (χ0n) is 11.6. The van der Waals surface area contributed by atoms with E-state index in [1.807, 2.05) is 18.2 Å². The lowest BCUT2D eigenvalue weighted by molar-refractivity contribution is 0.142. The molecule has 19 heavy (non-hydrogen) atoms. The van der Waals surface area contributed by atoms with E-state index in [-0.39, 0.29) is 0 Å². The normalized spacial score (nSPS) is 20.4. The zero-order chi connectivity index (χ0) is 13.7. The second-order valence-electron chi connectivity index (χ2n) is 5.37. The van der Waals surface area contributed by atoms with Gasteiger partial charge in [0.1, 0.15) is 5.75 Å². The number of hydrogen-bond donors (Lipinski definition) is 2. The van der Waals surface area contributed by atoms with E-state index in [0.717, 1.165) is 37.5 Å². The minimum absolute atomic E-state index is 0.296. The third-order valence-corrected chi connectivity index (χ3v) is 3.77. The Morgan fingerprint density at radius 1 is 1.42 bits per heavy atom. The molecule has 0 saturated carbocycles. The highest BCUT2D eigenvalue weighted by molar-refractivity contribution is 5.47. The smallest absolute Gasteiger partial charge is 0.121 e. The Kier molecular flexibility index (Phi) is 5.05. The molecule has 1 fully saturated rings. The molecule has 1 atom stereocenters. The standard InChI is InChI=1S/C15H24N2O2/c1-19-15-8-13(7-14(16)9-15)11-17-5-2-3-12(10-17)4-6-18/h7-9,12,18H,2-6,10-11,16H2,1H3. The van der Waals surface area contributed by atoms with Gasteiger partial charge >= 0.3 is 0 Å². The third kappa shape index (κ3) is 4.11. The Hall–Kier alpha value is -1.26. The van der Waals surface area contributed by atoms with Crippen molar-refractivity contribution in [1.29, 1.82) is 0 Å². The van der Waals surface area contributed by atoms with Crippen LogP contribution in [0.3, 0.4) is 0 Å². The van der Waals surface area contributed by atoms with Crippen LogP contribution in [0.5, 0.6) is 5.75 Å². The average Bonchev–Trinajstić information content (AvgIpc) is 2.39. The number of piperidine rings is 1. The average molecular weight is 264 g/mol. The minimum atomic E-state index is 0.296. The van der Waals surface area contributed by atoms with E-state index in [1.165, 1.54) is 18.4 Å². The summed E-state index contributed by atoms with van der Waals surface area (Å²) >= 11 is 0. The number of nitrogen functional groups attached to an aromatic ring is 1. The summed E-state index contributed by atoms with van der Waals surface area (Å²) in [7, 11) is 1.66. The van der Waals surface area contributed by atoms with Crippen molar-refractivity contribution in [2.24, 2.45) is 5.92 Å². The number of rotatable bonds is 5. The Morgan fingerprint density at radius 2 is 2.26 bits per heavy atom. The fraction of sp³-hybridized carbons (Fsp3) is 0.600. The second kappa shape index (κ2) is 6.78. The summed E-state index contributed by atoms with van der Waals surface area (Å²) in [6, 6.07) is 5.90. The van der Waals surface area contributed by atoms with E-state index in [9.17, 15) is 0 Å². The Bertz CT molecular complexity index is 407. The van der Waals surface area contributed by atoms with Crippen molar-refractivity contribution in [3.05, 3.63) is 23.8 Å². The molecule has 3 N–H and O–H groups in total. The first kappa shape index (κ1) is 14.2. The summed E-state index contributed by atoms with van der Waals surface area (Å²) in [6.45, 7) is 3.39. The van der Waals surface area contributed by atoms with Crippen LogP contribution in [0.25, 0.3) is 0 Å². The predicted molar refractivity (Wildman–Crippen MR) is 77.1 cm³/mol. The third-order valence-electron chi connectivity index (χ3n) is 3.77. The number of aliphatic hydroxyl groups is 1. The quantitative estimate of drug-likeness (QED) is 0.797. The van der Waals surface area contributed by atoms with Gasteiger partial charge in [-0.2, -0.15) is 0 Å². The SMILES string of the molecule is COc1cc(N)cc(CN2CCCC(CCO)C2)c1. The highest BCUT2D eigenvalue weighted by Crippen LogP contribution is 2.23. The lowest BCUT2D eigenvalue weighted by Crippen LogP contribution is -2.35. The van der Waals surface area contributed by atoms with Crippen LogP contribution in [0.1, 0.15) is 24.8 Å². The largest absolute Gasteiger partial charge is 0.497 e. The molecule has 0 radical (unpaired) electrons. The summed E-state index contributed by atoms with van der Waals surface area (Å²) in [5.74, 6) is 1.45. The van der Waals surface area contributed by atoms with E-state index < -0.39 is 0 Å². The number of aliphatic hydroxyl groups excluding tert-OH is 1. The number of nitrogens with zero attached hydrogens (tertiary/aromatic N) is 1. The van der Waals surface area contributed by atoms with Gasteiger partial charge in [0.2, 0.25) is 0 Å². The van der Waals surface area contributed by atoms with Gasteiger partial charge in [-0.15, -0.1) is 0 Å². The molecule has 1 aromatic rings. The molecule has 0 aromatic heterocycles. The van der Waals surface area contributed by atoms with Gasteiger partial charge in [0.05, 0.1) is 7.11 Å². The van der Waals surface area contributed by atoms with Crippen LogP contribution in [-0.2, 0) is 6.54 Å². The molecule has 0 spiro atoms. The molecular weight excluding hydrogens is 240 g/mol. The molecule has 1 aromatic carbocycles. The van der Waals surface area contributed by atoms with E-state index in [0.29, 0.717) is 12.5 Å². The Balaban J connectivity index is 1.98. The molecule has 1 aliphatic heterocycles. The van der Waals surface area contributed by atoms with E-state index in [1.54, 1.807) is 7.11 Å². The van der Waals surface area contributed by atoms with Gasteiger partial charge in [0, 0.05) is 31.5 Å². The van der Waals surface area contributed by atoms with E-state index >= 15 is 0 Å². The molecule has 1 aliphatic rings. The molecule has 0 aliphatic carbocycles. The molecule has 0 amide bonds. The lowest BCUT2D eigenvalue weighted by atomic mass is 9.95. The fourth-order valence-corrected chi connectivity index (χ4v) is 2.87. The number of methoxy groups -OCH3 is 1. The monoisotopic (exact) mass is 264 g/mol. The minimum Gasteiger partial charge on any atom is -0.497 e. The number of benzene rings is 1. The van der Waals surface area contributed by atoms with Crippen molar-refractivity contribution in [3.63, 3.8) is 0 Å². The number of nitrogens with two attached hydrogens (primary N) is 1. The van der Waals surface area contributed by atoms with Crippen molar-refractivity contribution in [2.75, 3.05) is 32.5 Å². The van der Waals surface area contributed by atoms with Crippen LogP contribution < -0.4 is 10.5 Å². The van der Waals surface area contributed by atoms with Crippen LogP contribution in [0, 0.1) is 5.92 Å². The molecular formula is C15H24N2O2. The second-order valence-corrected chi connectivity index (χ2v) is 5.37. The summed E-state index contributed by atoms with van der Waals surface area (Å²) in [5, 5.41) is 9.05. The highest BCUT2D eigenvalue weighted by atomic mass is 16.5. The first-order valence-electron chi connectivity index (χ1n) is 6.98. The predicted octanol–water partition coefficient (Wildman–Crippen LogP) is 1.87. The van der Waals surface area contributed by atoms with Gasteiger partial charge in [0.15, 0.2) is 0 Å². The lowest BCUT2D eigenvalue weighted by Gasteiger charge is -2.32. The van der Waals surface area contributed by atoms with Gasteiger partial charge in [-0.05, 0) is 49.4 Å². The van der Waals surface area contributed by atoms with Gasteiger partial charge < -0.3 is 15.6 Å². The molecule has 1 saturated heterocycles. The number of anilines is 1. The van der Waals surface area contributed by atoms with Gasteiger partial charge in [-0.25, -0.2) is 0 Å². The van der Waals surface area contributed by atoms with Crippen molar-refractivity contribution in [1.82, 2.24) is 4.90 Å². The molecule has 106 valence electrons. The van der Waals surface area contributed by atoms with Crippen molar-refractivity contribution in [2.45, 2.75) is 25.8 Å². The zero-order valence-corrected chi connectivity index (χ0v) is 11.6. The Morgan fingerprint density at radius 3 is 3.00 bits per heavy atom. The molecule has 0 bridgehead atoms. The number of likely N-dealkylation sites (tertiary alicyclic amines) is 1. The van der Waals surface area contributed by atoms with Crippen LogP contribution in [0.15, 0.2) is 18.2 Å². The highest BCUT2D eigenvalue weighted by Gasteiger charge is 2.19. The summed E-state index contributed by atoms with van der Waals surface area (Å²) in [4.78, 5) is 2.44. The summed E-state index contributed by atoms with van der Waals surface area (Å²) in [5.41, 5.74) is 7.83. The van der Waals surface area contributed by atoms with Crippen molar-refractivity contribution < 1.29 is 9.84 Å². The maximum absolute atomic E-state index is 9.05. The van der Waals surface area contributed by atoms with Crippen LogP contribution in [0.2, 0.25) is 0 Å². The molecule has 4 heteroatoms. The van der Waals surface area contributed by atoms with Crippen molar-refractivity contribution >= 4 is 5.69 Å². The first-order chi connectivity index (χ1) is 9.21. The molecule has 1 unspecified atom stereocenters. The molecule has 4 nitrogen and oxygen atoms in total. The molecule has 1 heterocycles. The maximum Gasteiger partial charge on any atom is 0.121 e. The van der Waals surface area contributed by atoms with E-state index in [4.69, 9.17) is 15.6 Å². The van der Waals surface area contributed by atoms with Crippen LogP contribution in [0.4, 0.5) is 5.69 Å². The number of hydrogen-bond acceptors (Lipinski definition) is 4.